The molecule has 3 rings (SSSR count). The van der Waals surface area contributed by atoms with Crippen LogP contribution in [0.1, 0.15) is 34.6 Å². The van der Waals surface area contributed by atoms with Gasteiger partial charge in [0.25, 0.3) is 0 Å². The molecule has 140 valence electrons. The van der Waals surface area contributed by atoms with Gasteiger partial charge in [-0.2, -0.15) is 0 Å². The van der Waals surface area contributed by atoms with Crippen molar-refractivity contribution >= 4 is 11.5 Å². The zero-order valence-corrected chi connectivity index (χ0v) is 15.9. The molecule has 27 heavy (non-hydrogen) atoms. The van der Waals surface area contributed by atoms with Crippen LogP contribution in [0, 0.1) is 12.3 Å². The van der Waals surface area contributed by atoms with Gasteiger partial charge in [-0.05, 0) is 13.0 Å². The number of piperazine rings is 1. The lowest BCUT2D eigenvalue weighted by molar-refractivity contribution is 0.0926. The van der Waals surface area contributed by atoms with Gasteiger partial charge in [0.05, 0.1) is 35.8 Å². The molecule has 0 spiro atoms. The Labute approximate surface area is 161 Å². The summed E-state index contributed by atoms with van der Waals surface area (Å²) in [5.41, 5.74) is 3.34. The van der Waals surface area contributed by atoms with Crippen LogP contribution in [0.4, 0.5) is 5.69 Å². The first kappa shape index (κ1) is 19.1. The number of carbonyl (C=O) groups is 1. The predicted molar refractivity (Wildman–Crippen MR) is 107 cm³/mol. The molecule has 0 aliphatic carbocycles. The number of anilines is 1. The number of nitrogens with zero attached hydrogens (tertiary/aromatic N) is 3. The van der Waals surface area contributed by atoms with E-state index in [1.807, 2.05) is 49.5 Å². The zero-order chi connectivity index (χ0) is 19.2. The molecular formula is C22H25N3O2. The van der Waals surface area contributed by atoms with Gasteiger partial charge >= 0.3 is 0 Å². The largest absolute Gasteiger partial charge is 0.375 e. The van der Waals surface area contributed by atoms with E-state index in [1.165, 1.54) is 0 Å². The maximum absolute atomic E-state index is 12.4. The van der Waals surface area contributed by atoms with Crippen LogP contribution < -0.4 is 4.90 Å². The number of pyridine rings is 1. The quantitative estimate of drug-likeness (QED) is 0.583. The monoisotopic (exact) mass is 363 g/mol. The van der Waals surface area contributed by atoms with Gasteiger partial charge < -0.3 is 9.64 Å². The third-order valence-corrected chi connectivity index (χ3v) is 5.00. The normalized spacial score (nSPS) is 16.0. The number of benzene rings is 1. The van der Waals surface area contributed by atoms with Crippen molar-refractivity contribution in [2.75, 3.05) is 44.7 Å². The number of methoxy groups -OCH3 is 1. The van der Waals surface area contributed by atoms with Gasteiger partial charge in [0, 0.05) is 38.9 Å². The Balaban J connectivity index is 1.61. The molecular weight excluding hydrogens is 338 g/mol. The lowest BCUT2D eigenvalue weighted by atomic mass is 10.1. The lowest BCUT2D eigenvalue weighted by Crippen LogP contribution is -2.48. The summed E-state index contributed by atoms with van der Waals surface area (Å²) in [5.74, 6) is 2.88. The molecule has 1 aromatic carbocycles. The Kier molecular flexibility index (Phi) is 6.23. The SMILES string of the molecule is C#Cc1cc(N2CCN(CC(=O)c3ccccc3)CC2)cnc1[C@H](C)OC. The van der Waals surface area contributed by atoms with E-state index in [0.29, 0.717) is 6.54 Å². The summed E-state index contributed by atoms with van der Waals surface area (Å²) in [6.07, 6.45) is 7.39. The molecule has 0 amide bonds. The van der Waals surface area contributed by atoms with E-state index in [-0.39, 0.29) is 11.9 Å². The fraction of sp³-hybridized carbons (Fsp3) is 0.364. The zero-order valence-electron chi connectivity index (χ0n) is 15.9. The molecule has 0 N–H and O–H groups in total. The number of ether oxygens (including phenoxy) is 1. The number of aromatic nitrogens is 1. The Morgan fingerprint density at radius 3 is 2.59 bits per heavy atom. The molecule has 5 heteroatoms. The van der Waals surface area contributed by atoms with Gasteiger partial charge in [0.2, 0.25) is 0 Å². The van der Waals surface area contributed by atoms with Crippen LogP contribution in [0.5, 0.6) is 0 Å². The van der Waals surface area contributed by atoms with Gasteiger partial charge in [-0.15, -0.1) is 6.42 Å². The second-order valence-corrected chi connectivity index (χ2v) is 6.70. The van der Waals surface area contributed by atoms with E-state index in [0.717, 1.165) is 48.7 Å². The molecule has 0 bridgehead atoms. The molecule has 0 saturated carbocycles. The van der Waals surface area contributed by atoms with Crippen molar-refractivity contribution in [2.24, 2.45) is 0 Å². The van der Waals surface area contributed by atoms with E-state index in [9.17, 15) is 4.79 Å². The highest BCUT2D eigenvalue weighted by Gasteiger charge is 2.21. The molecule has 1 atom stereocenters. The first-order valence-electron chi connectivity index (χ1n) is 9.17. The summed E-state index contributed by atoms with van der Waals surface area (Å²) in [4.78, 5) is 21.4. The standard InChI is InChI=1S/C22H25N3O2/c1-4-18-14-20(15-23-22(18)17(2)27-3)25-12-10-24(11-13-25)16-21(26)19-8-6-5-7-9-19/h1,5-9,14-15,17H,10-13,16H2,2-3H3/t17-/m0/s1. The van der Waals surface area contributed by atoms with E-state index in [4.69, 9.17) is 11.2 Å². The molecule has 1 aliphatic rings. The third-order valence-electron chi connectivity index (χ3n) is 5.00. The fourth-order valence-corrected chi connectivity index (χ4v) is 3.27. The Bertz CT molecular complexity index is 821. The average Bonchev–Trinajstić information content (AvgIpc) is 2.73. The predicted octanol–water partition coefficient (Wildman–Crippen LogP) is 2.78. The Morgan fingerprint density at radius 2 is 1.96 bits per heavy atom. The van der Waals surface area contributed by atoms with E-state index < -0.39 is 0 Å². The molecule has 2 heterocycles. The Hall–Kier alpha value is -2.68. The fourth-order valence-electron chi connectivity index (χ4n) is 3.27. The highest BCUT2D eigenvalue weighted by atomic mass is 16.5. The van der Waals surface area contributed by atoms with Crippen molar-refractivity contribution in [1.82, 2.24) is 9.88 Å². The summed E-state index contributed by atoms with van der Waals surface area (Å²) >= 11 is 0. The minimum atomic E-state index is -0.133. The molecule has 1 aliphatic heterocycles. The van der Waals surface area contributed by atoms with Crippen LogP contribution in [0.2, 0.25) is 0 Å². The van der Waals surface area contributed by atoms with Crippen LogP contribution in [0.3, 0.4) is 0 Å². The number of carbonyl (C=O) groups excluding carboxylic acids is 1. The molecule has 1 aromatic heterocycles. The number of hydrogen-bond donors (Lipinski definition) is 0. The minimum absolute atomic E-state index is 0.133. The molecule has 0 unspecified atom stereocenters. The van der Waals surface area contributed by atoms with Gasteiger partial charge in [-0.1, -0.05) is 36.3 Å². The van der Waals surface area contributed by atoms with Crippen molar-refractivity contribution in [1.29, 1.82) is 0 Å². The number of ketones is 1. The van der Waals surface area contributed by atoms with Crippen molar-refractivity contribution < 1.29 is 9.53 Å². The summed E-state index contributed by atoms with van der Waals surface area (Å²) < 4.78 is 5.34. The second-order valence-electron chi connectivity index (χ2n) is 6.70. The highest BCUT2D eigenvalue weighted by molar-refractivity contribution is 5.97. The Morgan fingerprint density at radius 1 is 1.26 bits per heavy atom. The summed E-state index contributed by atoms with van der Waals surface area (Å²) in [5, 5.41) is 0. The molecule has 5 nitrogen and oxygen atoms in total. The maximum Gasteiger partial charge on any atom is 0.176 e. The van der Waals surface area contributed by atoms with Gasteiger partial charge in [0.1, 0.15) is 0 Å². The van der Waals surface area contributed by atoms with Gasteiger partial charge in [-0.3, -0.25) is 14.7 Å². The molecule has 1 fully saturated rings. The van der Waals surface area contributed by atoms with Crippen LogP contribution >= 0.6 is 0 Å². The number of Topliss-reactive ketones (excluding diaryl/α,β-unsaturated/α-hetero) is 1. The molecule has 2 aromatic rings. The first-order chi connectivity index (χ1) is 13.1. The highest BCUT2D eigenvalue weighted by Crippen LogP contribution is 2.23. The van der Waals surface area contributed by atoms with Crippen LogP contribution in [0.25, 0.3) is 0 Å². The average molecular weight is 363 g/mol. The topological polar surface area (TPSA) is 45.7 Å². The van der Waals surface area contributed by atoms with Crippen molar-refractivity contribution in [3.63, 3.8) is 0 Å². The van der Waals surface area contributed by atoms with Gasteiger partial charge in [0.15, 0.2) is 5.78 Å². The van der Waals surface area contributed by atoms with Crippen molar-refractivity contribution in [3.8, 4) is 12.3 Å². The van der Waals surface area contributed by atoms with Crippen molar-refractivity contribution in [3.05, 3.63) is 59.4 Å². The summed E-state index contributed by atoms with van der Waals surface area (Å²) in [7, 11) is 1.65. The van der Waals surface area contributed by atoms with Crippen LogP contribution in [-0.4, -0.2) is 55.5 Å². The number of rotatable bonds is 6. The van der Waals surface area contributed by atoms with E-state index in [2.05, 4.69) is 20.7 Å². The minimum Gasteiger partial charge on any atom is -0.375 e. The van der Waals surface area contributed by atoms with E-state index in [1.54, 1.807) is 7.11 Å². The molecule has 1 saturated heterocycles. The van der Waals surface area contributed by atoms with E-state index >= 15 is 0 Å². The van der Waals surface area contributed by atoms with Crippen LogP contribution in [-0.2, 0) is 4.74 Å². The van der Waals surface area contributed by atoms with Gasteiger partial charge in [-0.25, -0.2) is 0 Å². The molecule has 0 radical (unpaired) electrons. The number of hydrogen-bond acceptors (Lipinski definition) is 5. The number of terminal acetylenes is 1. The smallest absolute Gasteiger partial charge is 0.176 e. The maximum atomic E-state index is 12.4. The summed E-state index contributed by atoms with van der Waals surface area (Å²) in [6.45, 7) is 5.74. The second kappa shape index (κ2) is 8.81. The first-order valence-corrected chi connectivity index (χ1v) is 9.17. The summed E-state index contributed by atoms with van der Waals surface area (Å²) in [6, 6.07) is 11.5. The third kappa shape index (κ3) is 4.54. The van der Waals surface area contributed by atoms with Crippen molar-refractivity contribution in [2.45, 2.75) is 13.0 Å². The lowest BCUT2D eigenvalue weighted by Gasteiger charge is -2.35. The van der Waals surface area contributed by atoms with Crippen LogP contribution in [0.15, 0.2) is 42.6 Å².